The molecule has 0 unspecified atom stereocenters. The Balaban J connectivity index is 0.00000121. The maximum absolute atomic E-state index is 10.7. The molecule has 4 nitrogen and oxygen atoms in total. The summed E-state index contributed by atoms with van der Waals surface area (Å²) in [6.45, 7) is 1.40. The second-order valence-corrected chi connectivity index (χ2v) is 2.19. The Morgan fingerprint density at radius 1 is 1.33 bits per heavy atom. The molecule has 0 spiro atoms. The second kappa shape index (κ2) is 3.75. The van der Waals surface area contributed by atoms with Crippen molar-refractivity contribution in [1.29, 1.82) is 0 Å². The molecule has 0 aliphatic rings. The predicted molar refractivity (Wildman–Crippen MR) is 40.5 cm³/mol. The van der Waals surface area contributed by atoms with Crippen molar-refractivity contribution in [2.24, 2.45) is 0 Å². The maximum atomic E-state index is 10.7. The first kappa shape index (κ1) is 11.2. The van der Waals surface area contributed by atoms with Crippen LogP contribution in [0.25, 0.3) is 0 Å². The molecule has 1 heterocycles. The topological polar surface area (TPSA) is 73.3 Å². The van der Waals surface area contributed by atoms with Gasteiger partial charge in [0, 0.05) is 5.56 Å². The molecule has 1 aromatic rings. The molecule has 57 valence electrons. The Kier molecular flexibility index (Phi) is 3.50. The number of aromatic hydroxyl groups is 2. The van der Waals surface area contributed by atoms with Crippen LogP contribution >= 0.6 is 0 Å². The molecule has 12 heavy (non-hydrogen) atoms. The van der Waals surface area contributed by atoms with Crippen LogP contribution in [-0.4, -0.2) is 23.0 Å². The fourth-order valence-corrected chi connectivity index (χ4v) is 0.725. The van der Waals surface area contributed by atoms with Crippen molar-refractivity contribution < 1.29 is 29.1 Å². The van der Waals surface area contributed by atoms with E-state index >= 15 is 0 Å². The molecule has 0 aromatic carbocycles. The number of aromatic nitrogens is 1. The molecule has 1 aromatic heterocycles. The zero-order valence-electron chi connectivity index (χ0n) is 6.88. The summed E-state index contributed by atoms with van der Waals surface area (Å²) in [7, 11) is 5.17. The van der Waals surface area contributed by atoms with Gasteiger partial charge in [-0.3, -0.25) is 4.79 Å². The van der Waals surface area contributed by atoms with Crippen molar-refractivity contribution in [3.05, 3.63) is 15.9 Å². The number of H-pyrrole nitrogens is 1. The maximum Gasteiger partial charge on any atom is 1.00 e. The zero-order chi connectivity index (χ0) is 8.59. The minimum Gasteiger partial charge on any atom is -0.551 e. The van der Waals surface area contributed by atoms with Crippen LogP contribution in [0.3, 0.4) is 0 Å². The monoisotopic (exact) mass is 158 g/mol. The predicted octanol–water partition coefficient (Wildman–Crippen LogP) is -4.11. The summed E-state index contributed by atoms with van der Waals surface area (Å²) < 4.78 is 0. The molecule has 3 N–H and O–H groups in total. The Morgan fingerprint density at radius 3 is 2.33 bits per heavy atom. The van der Waals surface area contributed by atoms with Crippen molar-refractivity contribution in [3.63, 3.8) is 0 Å². The normalized spacial score (nSPS) is 9.17. The summed E-state index contributed by atoms with van der Waals surface area (Å²) in [6.07, 6.45) is 0. The standard InChI is InChI=1S/C6H6BNO3.Li/c1-2-3(9)5(7)8-6(11)4(2)10;/h9-10H,1H3,(H,8,11);/q-1;+1. The number of pyridine rings is 1. The molecular formula is C6H6BLiNO3. The van der Waals surface area contributed by atoms with Gasteiger partial charge in [0.05, 0.1) is 5.75 Å². The molecule has 0 aliphatic carbocycles. The van der Waals surface area contributed by atoms with Crippen molar-refractivity contribution in [1.82, 2.24) is 4.98 Å². The quantitative estimate of drug-likeness (QED) is 0.336. The van der Waals surface area contributed by atoms with E-state index in [-0.39, 0.29) is 35.8 Å². The van der Waals surface area contributed by atoms with Crippen LogP contribution in [0.1, 0.15) is 5.56 Å². The molecule has 3 radical (unpaired) electrons. The van der Waals surface area contributed by atoms with Crippen LogP contribution < -0.4 is 30.0 Å². The van der Waals surface area contributed by atoms with Crippen LogP contribution in [0, 0.1) is 6.92 Å². The Labute approximate surface area is 82.2 Å². The van der Waals surface area contributed by atoms with Gasteiger partial charge in [0.15, 0.2) is 5.75 Å². The average Bonchev–Trinajstić information content (AvgIpc) is 1.97. The smallest absolute Gasteiger partial charge is 0.551 e. The summed E-state index contributed by atoms with van der Waals surface area (Å²) in [5.74, 6) is -0.793. The molecule has 0 fully saturated rings. The summed E-state index contributed by atoms with van der Waals surface area (Å²) in [4.78, 5) is 12.8. The molecule has 0 atom stereocenters. The van der Waals surface area contributed by atoms with Crippen molar-refractivity contribution >= 4 is 13.4 Å². The molecule has 0 saturated heterocycles. The summed E-state index contributed by atoms with van der Waals surface area (Å²) in [5.41, 5.74) is -0.741. The number of rotatable bonds is 0. The van der Waals surface area contributed by atoms with E-state index in [0.717, 1.165) is 0 Å². The minimum atomic E-state index is -0.696. The van der Waals surface area contributed by atoms with Gasteiger partial charge in [0.1, 0.15) is 0 Å². The van der Waals surface area contributed by atoms with Crippen LogP contribution in [-0.2, 0) is 0 Å². The number of nitrogens with one attached hydrogen (secondary N) is 1. The van der Waals surface area contributed by atoms with Gasteiger partial charge in [-0.05, 0) is 6.92 Å². The third kappa shape index (κ3) is 1.68. The fourth-order valence-electron chi connectivity index (χ4n) is 0.725. The van der Waals surface area contributed by atoms with Crippen molar-refractivity contribution in [2.45, 2.75) is 6.92 Å². The first-order chi connectivity index (χ1) is 5.04. The van der Waals surface area contributed by atoms with E-state index in [2.05, 4.69) is 4.98 Å². The summed E-state index contributed by atoms with van der Waals surface area (Å²) >= 11 is 0. The first-order valence-electron chi connectivity index (χ1n) is 2.94. The summed E-state index contributed by atoms with van der Waals surface area (Å²) in [5, 5.41) is 18.0. The Morgan fingerprint density at radius 2 is 1.83 bits per heavy atom. The van der Waals surface area contributed by atoms with Gasteiger partial charge in [-0.15, -0.1) is 0 Å². The van der Waals surface area contributed by atoms with Crippen LogP contribution in [0.15, 0.2) is 4.79 Å². The van der Waals surface area contributed by atoms with Gasteiger partial charge in [0.2, 0.25) is 0 Å². The molecule has 0 bridgehead atoms. The molecule has 6 heteroatoms. The van der Waals surface area contributed by atoms with Gasteiger partial charge >= 0.3 is 18.9 Å². The molecule has 0 amide bonds. The second-order valence-electron chi connectivity index (χ2n) is 2.19. The molecular weight excluding hydrogens is 152 g/mol. The number of aromatic amines is 1. The van der Waals surface area contributed by atoms with E-state index in [0.29, 0.717) is 0 Å². The first-order valence-corrected chi connectivity index (χ1v) is 2.94. The third-order valence-corrected chi connectivity index (χ3v) is 1.43. The fraction of sp³-hybridized carbons (Fsp3) is 0.167. The van der Waals surface area contributed by atoms with E-state index in [1.165, 1.54) is 6.92 Å². The molecule has 1 rings (SSSR count). The van der Waals surface area contributed by atoms with E-state index in [9.17, 15) is 4.79 Å². The van der Waals surface area contributed by atoms with E-state index in [4.69, 9.17) is 18.1 Å². The SMILES string of the molecule is [B-]c1[nH]c(=O)c(O)c(C)c1O.[Li+]. The Bertz CT molecular complexity index is 349. The van der Waals surface area contributed by atoms with Crippen molar-refractivity contribution in [2.75, 3.05) is 0 Å². The van der Waals surface area contributed by atoms with E-state index in [1.54, 1.807) is 0 Å². The number of hydrogen-bond donors (Lipinski definition) is 3. The van der Waals surface area contributed by atoms with Gasteiger partial charge < -0.3 is 23.0 Å². The largest absolute Gasteiger partial charge is 1.00 e. The zero-order valence-corrected chi connectivity index (χ0v) is 6.88. The number of hydrogen-bond acceptors (Lipinski definition) is 3. The Hall–Kier alpha value is -0.788. The van der Waals surface area contributed by atoms with Gasteiger partial charge in [-0.2, -0.15) is 0 Å². The van der Waals surface area contributed by atoms with Crippen LogP contribution in [0.2, 0.25) is 0 Å². The van der Waals surface area contributed by atoms with E-state index < -0.39 is 11.3 Å². The minimum absolute atomic E-state index is 0. The van der Waals surface area contributed by atoms with Gasteiger partial charge in [-0.25, -0.2) is 5.59 Å². The summed E-state index contributed by atoms with van der Waals surface area (Å²) in [6, 6.07) is 0. The third-order valence-electron chi connectivity index (χ3n) is 1.43. The van der Waals surface area contributed by atoms with E-state index in [1.807, 2.05) is 0 Å². The van der Waals surface area contributed by atoms with Gasteiger partial charge in [-0.1, -0.05) is 0 Å². The molecule has 0 aliphatic heterocycles. The van der Waals surface area contributed by atoms with Gasteiger partial charge in [0.25, 0.3) is 5.56 Å². The van der Waals surface area contributed by atoms with Crippen LogP contribution in [0.5, 0.6) is 11.5 Å². The van der Waals surface area contributed by atoms with Crippen molar-refractivity contribution in [3.8, 4) is 11.5 Å². The van der Waals surface area contributed by atoms with Crippen LogP contribution in [0.4, 0.5) is 0 Å². The average molecular weight is 158 g/mol. The molecule has 0 saturated carbocycles.